The van der Waals surface area contributed by atoms with Crippen LogP contribution in [-0.2, 0) is 9.59 Å². The number of nitrogens with zero attached hydrogens (tertiary/aromatic N) is 3. The van der Waals surface area contributed by atoms with Crippen molar-refractivity contribution < 1.29 is 9.59 Å². The Kier molecular flexibility index (Phi) is 5.97. The molecule has 130 valence electrons. The maximum absolute atomic E-state index is 12.5. The van der Waals surface area contributed by atoms with Gasteiger partial charge < -0.3 is 15.1 Å². The van der Waals surface area contributed by atoms with Crippen LogP contribution in [0.1, 0.15) is 28.8 Å². The molecule has 1 aromatic rings. The van der Waals surface area contributed by atoms with E-state index in [4.69, 9.17) is 0 Å². The smallest absolute Gasteiger partial charge is 0.230 e. The van der Waals surface area contributed by atoms with Crippen molar-refractivity contribution in [2.24, 2.45) is 5.92 Å². The third-order valence-corrected chi connectivity index (χ3v) is 5.48. The Morgan fingerprint density at radius 2 is 2.17 bits per heavy atom. The van der Waals surface area contributed by atoms with E-state index in [2.05, 4.69) is 16.3 Å². The van der Waals surface area contributed by atoms with Crippen LogP contribution in [0.3, 0.4) is 0 Å². The summed E-state index contributed by atoms with van der Waals surface area (Å²) in [5, 5.41) is 12.7. The van der Waals surface area contributed by atoms with Crippen LogP contribution in [-0.4, -0.2) is 55.3 Å². The number of aryl methyl sites for hydroxylation is 1. The van der Waals surface area contributed by atoms with Gasteiger partial charge >= 0.3 is 0 Å². The molecule has 1 saturated heterocycles. The second kappa shape index (κ2) is 7.77. The Morgan fingerprint density at radius 1 is 1.46 bits per heavy atom. The fourth-order valence-corrected chi connectivity index (χ4v) is 3.82. The zero-order valence-electron chi connectivity index (χ0n) is 14.7. The average molecular weight is 348 g/mol. The fraction of sp³-hybridized carbons (Fsp3) is 0.588. The first-order valence-corrected chi connectivity index (χ1v) is 8.88. The number of amides is 2. The van der Waals surface area contributed by atoms with Crippen LogP contribution < -0.4 is 5.32 Å². The average Bonchev–Trinajstić information content (AvgIpc) is 3.00. The molecule has 1 N–H and O–H groups in total. The number of likely N-dealkylation sites (tertiary alicyclic amines) is 1. The van der Waals surface area contributed by atoms with Gasteiger partial charge in [-0.3, -0.25) is 9.59 Å². The molecule has 2 heterocycles. The van der Waals surface area contributed by atoms with Crippen molar-refractivity contribution in [3.8, 4) is 6.07 Å². The molecule has 0 saturated carbocycles. The van der Waals surface area contributed by atoms with Gasteiger partial charge in [-0.05, 0) is 46.5 Å². The molecule has 6 nitrogen and oxygen atoms in total. The number of hydrogen-bond donors (Lipinski definition) is 1. The highest BCUT2D eigenvalue weighted by Gasteiger charge is 2.34. The van der Waals surface area contributed by atoms with E-state index in [1.165, 1.54) is 11.3 Å². The van der Waals surface area contributed by atoms with Crippen LogP contribution >= 0.6 is 11.3 Å². The molecule has 0 spiro atoms. The SMILES string of the molecule is Cc1sc(NC(=O)C2CC(=O)N(CCCN(C)C)C2)c(C#N)c1C. The lowest BCUT2D eigenvalue weighted by molar-refractivity contribution is -0.128. The molecule has 1 unspecified atom stereocenters. The predicted molar refractivity (Wildman–Crippen MR) is 95.0 cm³/mol. The minimum absolute atomic E-state index is 0.0351. The molecular weight excluding hydrogens is 324 g/mol. The van der Waals surface area contributed by atoms with E-state index < -0.39 is 0 Å². The maximum atomic E-state index is 12.5. The summed E-state index contributed by atoms with van der Waals surface area (Å²) in [4.78, 5) is 29.4. The van der Waals surface area contributed by atoms with E-state index in [0.717, 1.165) is 23.4 Å². The zero-order chi connectivity index (χ0) is 17.9. The molecule has 7 heteroatoms. The molecule has 2 rings (SSSR count). The second-order valence-corrected chi connectivity index (χ2v) is 7.71. The van der Waals surface area contributed by atoms with Crippen LogP contribution in [0.2, 0.25) is 0 Å². The minimum atomic E-state index is -0.342. The van der Waals surface area contributed by atoms with Gasteiger partial charge in [-0.1, -0.05) is 0 Å². The van der Waals surface area contributed by atoms with Gasteiger partial charge in [0.05, 0.1) is 11.5 Å². The Labute approximate surface area is 147 Å². The van der Waals surface area contributed by atoms with Crippen molar-refractivity contribution in [2.75, 3.05) is 39.0 Å². The largest absolute Gasteiger partial charge is 0.342 e. The summed E-state index contributed by atoms with van der Waals surface area (Å²) in [5.41, 5.74) is 1.43. The molecule has 24 heavy (non-hydrogen) atoms. The molecule has 1 aliphatic heterocycles. The lowest BCUT2D eigenvalue weighted by atomic mass is 10.1. The molecular formula is C17H24N4O2S. The van der Waals surface area contributed by atoms with Gasteiger partial charge in [0.1, 0.15) is 11.1 Å². The Balaban J connectivity index is 1.96. The fourth-order valence-electron chi connectivity index (χ4n) is 2.81. The molecule has 0 radical (unpaired) electrons. The minimum Gasteiger partial charge on any atom is -0.342 e. The molecule has 1 aliphatic rings. The number of nitriles is 1. The van der Waals surface area contributed by atoms with E-state index in [-0.39, 0.29) is 24.2 Å². The van der Waals surface area contributed by atoms with E-state index in [1.807, 2.05) is 27.9 Å². The molecule has 1 aromatic heterocycles. The van der Waals surface area contributed by atoms with Crippen LogP contribution in [0, 0.1) is 31.1 Å². The predicted octanol–water partition coefficient (Wildman–Crippen LogP) is 1.98. The van der Waals surface area contributed by atoms with Gasteiger partial charge in [0.25, 0.3) is 0 Å². The first-order valence-electron chi connectivity index (χ1n) is 8.07. The Bertz CT molecular complexity index is 675. The Hall–Kier alpha value is -1.91. The highest BCUT2D eigenvalue weighted by molar-refractivity contribution is 7.16. The van der Waals surface area contributed by atoms with E-state index in [9.17, 15) is 14.9 Å². The number of rotatable bonds is 6. The first kappa shape index (κ1) is 18.4. The number of carbonyl (C=O) groups is 2. The van der Waals surface area contributed by atoms with Gasteiger partial charge in [-0.15, -0.1) is 11.3 Å². The second-order valence-electron chi connectivity index (χ2n) is 6.49. The molecule has 2 amide bonds. The van der Waals surface area contributed by atoms with Gasteiger partial charge in [0.15, 0.2) is 0 Å². The van der Waals surface area contributed by atoms with Crippen molar-refractivity contribution in [2.45, 2.75) is 26.7 Å². The summed E-state index contributed by atoms with van der Waals surface area (Å²) < 4.78 is 0. The number of thiophene rings is 1. The van der Waals surface area contributed by atoms with Crippen LogP contribution in [0.4, 0.5) is 5.00 Å². The monoisotopic (exact) mass is 348 g/mol. The molecule has 0 aliphatic carbocycles. The van der Waals surface area contributed by atoms with Gasteiger partial charge in [0, 0.05) is 24.4 Å². The van der Waals surface area contributed by atoms with Crippen molar-refractivity contribution in [3.63, 3.8) is 0 Å². The molecule has 1 atom stereocenters. The quantitative estimate of drug-likeness (QED) is 0.853. The van der Waals surface area contributed by atoms with Crippen molar-refractivity contribution in [3.05, 3.63) is 16.0 Å². The van der Waals surface area contributed by atoms with E-state index in [1.54, 1.807) is 4.90 Å². The third-order valence-electron chi connectivity index (χ3n) is 4.35. The van der Waals surface area contributed by atoms with Crippen LogP contribution in [0.5, 0.6) is 0 Å². The lowest BCUT2D eigenvalue weighted by Gasteiger charge is -2.18. The van der Waals surface area contributed by atoms with Gasteiger partial charge in [-0.2, -0.15) is 5.26 Å². The first-order chi connectivity index (χ1) is 11.3. The zero-order valence-corrected chi connectivity index (χ0v) is 15.5. The van der Waals surface area contributed by atoms with Crippen LogP contribution in [0.15, 0.2) is 0 Å². The standard InChI is InChI=1S/C17H24N4O2S/c1-11-12(2)24-17(14(11)9-18)19-16(23)13-8-15(22)21(10-13)7-5-6-20(3)4/h13H,5-8,10H2,1-4H3,(H,19,23). The van der Waals surface area contributed by atoms with Crippen LogP contribution in [0.25, 0.3) is 0 Å². The lowest BCUT2D eigenvalue weighted by Crippen LogP contribution is -2.30. The number of hydrogen-bond acceptors (Lipinski definition) is 5. The summed E-state index contributed by atoms with van der Waals surface area (Å²) in [7, 11) is 4.00. The number of carbonyl (C=O) groups excluding carboxylic acids is 2. The van der Waals surface area contributed by atoms with Gasteiger partial charge in [-0.25, -0.2) is 0 Å². The molecule has 1 fully saturated rings. The summed E-state index contributed by atoms with van der Waals surface area (Å²) in [6.45, 7) is 5.87. The normalized spacial score (nSPS) is 17.4. The molecule has 0 bridgehead atoms. The highest BCUT2D eigenvalue weighted by atomic mass is 32.1. The summed E-state index contributed by atoms with van der Waals surface area (Å²) >= 11 is 1.41. The molecule has 0 aromatic carbocycles. The van der Waals surface area contributed by atoms with Crippen molar-refractivity contribution in [1.82, 2.24) is 9.80 Å². The topological polar surface area (TPSA) is 76.4 Å². The van der Waals surface area contributed by atoms with Gasteiger partial charge in [0.2, 0.25) is 11.8 Å². The Morgan fingerprint density at radius 3 is 2.79 bits per heavy atom. The summed E-state index contributed by atoms with van der Waals surface area (Å²) in [6, 6.07) is 2.15. The number of anilines is 1. The van der Waals surface area contributed by atoms with E-state index >= 15 is 0 Å². The summed E-state index contributed by atoms with van der Waals surface area (Å²) in [5.74, 6) is -0.477. The van der Waals surface area contributed by atoms with Crippen molar-refractivity contribution in [1.29, 1.82) is 5.26 Å². The highest BCUT2D eigenvalue weighted by Crippen LogP contribution is 2.32. The van der Waals surface area contributed by atoms with Crippen molar-refractivity contribution >= 4 is 28.2 Å². The number of nitrogens with one attached hydrogen (secondary N) is 1. The summed E-state index contributed by atoms with van der Waals surface area (Å²) in [6.07, 6.45) is 1.15. The third kappa shape index (κ3) is 4.13. The maximum Gasteiger partial charge on any atom is 0.230 e. The van der Waals surface area contributed by atoms with E-state index in [0.29, 0.717) is 23.7 Å².